The maximum absolute atomic E-state index is 10.8. The van der Waals surface area contributed by atoms with E-state index in [0.29, 0.717) is 12.4 Å². The van der Waals surface area contributed by atoms with Gasteiger partial charge in [-0.15, -0.1) is 0 Å². The van der Waals surface area contributed by atoms with Gasteiger partial charge in [-0.25, -0.2) is 0 Å². The topological polar surface area (TPSA) is 67.6 Å². The normalized spacial score (nSPS) is 17.3. The average Bonchev–Trinajstić information content (AvgIpc) is 2.41. The molecule has 1 aromatic carbocycles. The van der Waals surface area contributed by atoms with E-state index in [0.717, 1.165) is 19.0 Å². The number of piperidine rings is 1. The Kier molecular flexibility index (Phi) is 4.70. The summed E-state index contributed by atoms with van der Waals surface area (Å²) in [5, 5.41) is 10.8. The van der Waals surface area contributed by atoms with Crippen molar-refractivity contribution in [1.29, 1.82) is 0 Å². The van der Waals surface area contributed by atoms with Crippen molar-refractivity contribution >= 4 is 11.4 Å². The van der Waals surface area contributed by atoms with Crippen LogP contribution in [0.5, 0.6) is 0 Å². The fourth-order valence-corrected chi connectivity index (χ4v) is 2.11. The molecule has 1 fully saturated rings. The monoisotopic (exact) mass is 265 g/mol. The third-order valence-electron chi connectivity index (χ3n) is 3.41. The molecule has 0 aliphatic carbocycles. The van der Waals surface area contributed by atoms with Crippen LogP contribution in [0.3, 0.4) is 0 Å². The van der Waals surface area contributed by atoms with Gasteiger partial charge in [0.2, 0.25) is 0 Å². The fourth-order valence-electron chi connectivity index (χ4n) is 2.11. The van der Waals surface area contributed by atoms with Crippen LogP contribution in [0, 0.1) is 16.0 Å². The van der Waals surface area contributed by atoms with E-state index in [2.05, 4.69) is 17.3 Å². The van der Waals surface area contributed by atoms with Gasteiger partial charge in [0.05, 0.1) is 4.92 Å². The summed E-state index contributed by atoms with van der Waals surface area (Å²) < 4.78 is 0. The molecular formula is C13H19N3O3. The van der Waals surface area contributed by atoms with Gasteiger partial charge in [0.15, 0.2) is 0 Å². The van der Waals surface area contributed by atoms with E-state index >= 15 is 0 Å². The third-order valence-corrected chi connectivity index (χ3v) is 3.41. The van der Waals surface area contributed by atoms with Crippen LogP contribution >= 0.6 is 0 Å². The van der Waals surface area contributed by atoms with Gasteiger partial charge in [-0.2, -0.15) is 0 Å². The van der Waals surface area contributed by atoms with Gasteiger partial charge in [0, 0.05) is 19.2 Å². The van der Waals surface area contributed by atoms with Gasteiger partial charge >= 0.3 is 0 Å². The van der Waals surface area contributed by atoms with E-state index < -0.39 is 4.92 Å². The van der Waals surface area contributed by atoms with Crippen LogP contribution in [-0.2, 0) is 4.84 Å². The number of rotatable bonds is 5. The van der Waals surface area contributed by atoms with E-state index in [9.17, 15) is 10.1 Å². The van der Waals surface area contributed by atoms with E-state index in [4.69, 9.17) is 4.84 Å². The molecule has 0 spiro atoms. The van der Waals surface area contributed by atoms with Gasteiger partial charge < -0.3 is 0 Å². The Morgan fingerprint density at radius 3 is 2.79 bits per heavy atom. The van der Waals surface area contributed by atoms with Crippen molar-refractivity contribution in [3.05, 3.63) is 34.4 Å². The molecule has 0 unspecified atom stereocenters. The molecule has 1 aromatic rings. The smallest absolute Gasteiger partial charge is 0.279 e. The van der Waals surface area contributed by atoms with Crippen molar-refractivity contribution in [2.75, 3.05) is 25.3 Å². The molecule has 0 radical (unpaired) electrons. The Bertz CT molecular complexity index is 431. The number of nitro groups is 1. The fraction of sp³-hybridized carbons (Fsp3) is 0.538. The van der Waals surface area contributed by atoms with E-state index in [1.165, 1.54) is 18.9 Å². The third kappa shape index (κ3) is 3.90. The van der Waals surface area contributed by atoms with E-state index in [-0.39, 0.29) is 5.69 Å². The second-order valence-corrected chi connectivity index (χ2v) is 4.95. The highest BCUT2D eigenvalue weighted by Crippen LogP contribution is 2.23. The van der Waals surface area contributed by atoms with Crippen molar-refractivity contribution in [1.82, 2.24) is 4.90 Å². The van der Waals surface area contributed by atoms with E-state index in [1.807, 2.05) is 0 Å². The molecule has 0 atom stereocenters. The standard InChI is InChI=1S/C13H19N3O3/c1-11-6-8-15(9-7-11)10-19-14-12-4-2-3-5-13(12)16(17)18/h2-5,11,14H,6-10H2,1H3. The molecule has 0 bridgehead atoms. The molecule has 2 rings (SSSR count). The molecule has 1 N–H and O–H groups in total. The van der Waals surface area contributed by atoms with Crippen molar-refractivity contribution < 1.29 is 9.76 Å². The lowest BCUT2D eigenvalue weighted by molar-refractivity contribution is -0.384. The minimum Gasteiger partial charge on any atom is -0.279 e. The highest BCUT2D eigenvalue weighted by atomic mass is 16.7. The first kappa shape index (κ1) is 13.8. The average molecular weight is 265 g/mol. The quantitative estimate of drug-likeness (QED) is 0.654. The Hall–Kier alpha value is -1.66. The number of para-hydroxylation sites is 2. The van der Waals surface area contributed by atoms with Crippen molar-refractivity contribution in [3.63, 3.8) is 0 Å². The van der Waals surface area contributed by atoms with E-state index in [1.54, 1.807) is 18.2 Å². The summed E-state index contributed by atoms with van der Waals surface area (Å²) in [6.07, 6.45) is 2.35. The summed E-state index contributed by atoms with van der Waals surface area (Å²) in [6.45, 7) is 4.72. The Labute approximate surface area is 112 Å². The second kappa shape index (κ2) is 6.49. The van der Waals surface area contributed by atoms with Crippen LogP contribution in [0.25, 0.3) is 0 Å². The maximum Gasteiger partial charge on any atom is 0.294 e. The lowest BCUT2D eigenvalue weighted by Gasteiger charge is -2.29. The molecular weight excluding hydrogens is 246 g/mol. The van der Waals surface area contributed by atoms with Crippen LogP contribution in [0.15, 0.2) is 24.3 Å². The molecule has 1 aliphatic heterocycles. The first-order chi connectivity index (χ1) is 9.16. The molecule has 1 heterocycles. The molecule has 0 amide bonds. The largest absolute Gasteiger partial charge is 0.294 e. The van der Waals surface area contributed by atoms with Crippen LogP contribution in [-0.4, -0.2) is 29.6 Å². The van der Waals surface area contributed by atoms with Gasteiger partial charge in [-0.1, -0.05) is 19.1 Å². The number of nitrogens with one attached hydrogen (secondary N) is 1. The number of hydrogen-bond donors (Lipinski definition) is 1. The number of benzene rings is 1. The maximum atomic E-state index is 10.8. The Morgan fingerprint density at radius 1 is 1.42 bits per heavy atom. The van der Waals surface area contributed by atoms with Crippen LogP contribution in [0.2, 0.25) is 0 Å². The Balaban J connectivity index is 1.81. The molecule has 0 aromatic heterocycles. The lowest BCUT2D eigenvalue weighted by Crippen LogP contribution is -2.35. The zero-order valence-corrected chi connectivity index (χ0v) is 11.0. The summed E-state index contributed by atoms with van der Waals surface area (Å²) in [4.78, 5) is 18.0. The van der Waals surface area contributed by atoms with Gasteiger partial charge in [0.25, 0.3) is 5.69 Å². The second-order valence-electron chi connectivity index (χ2n) is 4.95. The molecule has 6 nitrogen and oxygen atoms in total. The number of likely N-dealkylation sites (tertiary alicyclic amines) is 1. The van der Waals surface area contributed by atoms with Gasteiger partial charge in [0.1, 0.15) is 12.4 Å². The summed E-state index contributed by atoms with van der Waals surface area (Å²) >= 11 is 0. The first-order valence-corrected chi connectivity index (χ1v) is 6.50. The molecule has 19 heavy (non-hydrogen) atoms. The van der Waals surface area contributed by atoms with Crippen LogP contribution in [0.1, 0.15) is 19.8 Å². The molecule has 6 heteroatoms. The first-order valence-electron chi connectivity index (χ1n) is 6.50. The summed E-state index contributed by atoms with van der Waals surface area (Å²) in [7, 11) is 0. The predicted molar refractivity (Wildman–Crippen MR) is 72.6 cm³/mol. The number of hydrogen-bond acceptors (Lipinski definition) is 5. The van der Waals surface area contributed by atoms with Crippen molar-refractivity contribution in [2.24, 2.45) is 5.92 Å². The Morgan fingerprint density at radius 2 is 2.11 bits per heavy atom. The highest BCUT2D eigenvalue weighted by molar-refractivity contribution is 5.59. The van der Waals surface area contributed by atoms with Crippen molar-refractivity contribution in [3.8, 4) is 0 Å². The SMILES string of the molecule is CC1CCN(CONc2ccccc2[N+](=O)[O-])CC1. The lowest BCUT2D eigenvalue weighted by atomic mass is 10.00. The summed E-state index contributed by atoms with van der Waals surface area (Å²) in [5.41, 5.74) is 3.08. The van der Waals surface area contributed by atoms with Crippen LogP contribution in [0.4, 0.5) is 11.4 Å². The summed E-state index contributed by atoms with van der Waals surface area (Å²) in [5.74, 6) is 0.777. The molecule has 1 aliphatic rings. The zero-order chi connectivity index (χ0) is 13.7. The van der Waals surface area contributed by atoms with Gasteiger partial charge in [-0.05, 0) is 24.8 Å². The zero-order valence-electron chi connectivity index (χ0n) is 11.0. The van der Waals surface area contributed by atoms with Crippen molar-refractivity contribution in [2.45, 2.75) is 19.8 Å². The number of anilines is 1. The number of nitrogens with zero attached hydrogens (tertiary/aromatic N) is 2. The molecule has 0 saturated carbocycles. The minimum absolute atomic E-state index is 0.0229. The minimum atomic E-state index is -0.422. The predicted octanol–water partition coefficient (Wildman–Crippen LogP) is 2.63. The number of nitro benzene ring substituents is 1. The molecule has 1 saturated heterocycles. The molecule has 104 valence electrons. The summed E-state index contributed by atoms with van der Waals surface area (Å²) in [6, 6.07) is 6.46. The highest BCUT2D eigenvalue weighted by Gasteiger charge is 2.16. The van der Waals surface area contributed by atoms with Gasteiger partial charge in [-0.3, -0.25) is 25.3 Å². The van der Waals surface area contributed by atoms with Crippen LogP contribution < -0.4 is 5.48 Å².